The highest BCUT2D eigenvalue weighted by molar-refractivity contribution is 5.94. The number of carbonyl (C=O) groups is 2. The van der Waals surface area contributed by atoms with E-state index in [1.54, 1.807) is 0 Å². The van der Waals surface area contributed by atoms with Crippen molar-refractivity contribution in [3.05, 3.63) is 29.8 Å². The molecule has 0 spiro atoms. The first-order valence-corrected chi connectivity index (χ1v) is 9.58. The Morgan fingerprint density at radius 2 is 1.85 bits per heavy atom. The molecule has 142 valence electrons. The SMILES string of the molecule is COC(=O)CCCc1ccc(N2CCN(C3CCC(N)CC3)C2=O)cc1. The minimum Gasteiger partial charge on any atom is -0.469 e. The Bertz CT molecular complexity index is 624. The Balaban J connectivity index is 1.54. The summed E-state index contributed by atoms with van der Waals surface area (Å²) in [5.41, 5.74) is 8.10. The summed E-state index contributed by atoms with van der Waals surface area (Å²) in [5.74, 6) is -0.173. The van der Waals surface area contributed by atoms with Gasteiger partial charge in [0.05, 0.1) is 7.11 Å². The van der Waals surface area contributed by atoms with E-state index in [-0.39, 0.29) is 12.0 Å². The number of anilines is 1. The molecule has 3 rings (SSSR count). The Kier molecular flexibility index (Phi) is 6.14. The minimum atomic E-state index is -0.173. The van der Waals surface area contributed by atoms with E-state index in [2.05, 4.69) is 4.74 Å². The van der Waals surface area contributed by atoms with Gasteiger partial charge in [-0.3, -0.25) is 9.69 Å². The second-order valence-corrected chi connectivity index (χ2v) is 7.29. The van der Waals surface area contributed by atoms with Crippen molar-refractivity contribution in [1.29, 1.82) is 0 Å². The topological polar surface area (TPSA) is 75.9 Å². The van der Waals surface area contributed by atoms with E-state index in [4.69, 9.17) is 5.73 Å². The normalized spacial score (nSPS) is 23.4. The van der Waals surface area contributed by atoms with E-state index < -0.39 is 0 Å². The molecular formula is C20H29N3O3. The molecule has 1 aromatic carbocycles. The number of hydrogen-bond donors (Lipinski definition) is 1. The molecule has 0 radical (unpaired) electrons. The molecule has 0 aromatic heterocycles. The van der Waals surface area contributed by atoms with Gasteiger partial charge < -0.3 is 15.4 Å². The minimum absolute atomic E-state index is 0.115. The molecule has 1 aromatic rings. The van der Waals surface area contributed by atoms with Gasteiger partial charge in [-0.1, -0.05) is 12.1 Å². The fourth-order valence-corrected chi connectivity index (χ4v) is 3.93. The van der Waals surface area contributed by atoms with Crippen LogP contribution in [0.5, 0.6) is 0 Å². The predicted molar refractivity (Wildman–Crippen MR) is 101 cm³/mol. The number of ether oxygens (including phenoxy) is 1. The third kappa shape index (κ3) is 4.36. The summed E-state index contributed by atoms with van der Waals surface area (Å²) >= 11 is 0. The summed E-state index contributed by atoms with van der Waals surface area (Å²) in [6, 6.07) is 8.85. The Morgan fingerprint density at radius 3 is 2.50 bits per heavy atom. The number of aryl methyl sites for hydroxylation is 1. The zero-order valence-corrected chi connectivity index (χ0v) is 15.5. The van der Waals surface area contributed by atoms with E-state index in [9.17, 15) is 9.59 Å². The van der Waals surface area contributed by atoms with Crippen LogP contribution in [0, 0.1) is 0 Å². The molecule has 2 N–H and O–H groups in total. The third-order valence-electron chi connectivity index (χ3n) is 5.55. The van der Waals surface area contributed by atoms with Gasteiger partial charge in [-0.25, -0.2) is 4.79 Å². The van der Waals surface area contributed by atoms with Crippen molar-refractivity contribution in [2.45, 2.75) is 57.0 Å². The maximum Gasteiger partial charge on any atom is 0.324 e. The van der Waals surface area contributed by atoms with Crippen LogP contribution in [0.2, 0.25) is 0 Å². The molecule has 2 amide bonds. The highest BCUT2D eigenvalue weighted by atomic mass is 16.5. The van der Waals surface area contributed by atoms with Crippen molar-refractivity contribution in [2.75, 3.05) is 25.1 Å². The van der Waals surface area contributed by atoms with Crippen molar-refractivity contribution in [3.8, 4) is 0 Å². The van der Waals surface area contributed by atoms with Crippen LogP contribution in [0.4, 0.5) is 10.5 Å². The van der Waals surface area contributed by atoms with E-state index in [0.717, 1.165) is 57.3 Å². The van der Waals surface area contributed by atoms with Crippen LogP contribution in [0.25, 0.3) is 0 Å². The summed E-state index contributed by atoms with van der Waals surface area (Å²) in [4.78, 5) is 27.9. The van der Waals surface area contributed by atoms with Crippen LogP contribution in [0.3, 0.4) is 0 Å². The second-order valence-electron chi connectivity index (χ2n) is 7.29. The zero-order chi connectivity index (χ0) is 18.5. The number of benzene rings is 1. The lowest BCUT2D eigenvalue weighted by Gasteiger charge is -2.33. The standard InChI is InChI=1S/C20H29N3O3/c1-26-19(24)4-2-3-15-5-9-17(10-6-15)22-13-14-23(20(22)25)18-11-7-16(21)8-12-18/h5-6,9-10,16,18H,2-4,7-8,11-14,21H2,1H3. The van der Waals surface area contributed by atoms with Crippen LogP contribution in [-0.4, -0.2) is 49.2 Å². The zero-order valence-electron chi connectivity index (χ0n) is 15.5. The number of amides is 2. The van der Waals surface area contributed by atoms with E-state index >= 15 is 0 Å². The molecule has 0 bridgehead atoms. The van der Waals surface area contributed by atoms with Gasteiger partial charge in [-0.2, -0.15) is 0 Å². The van der Waals surface area contributed by atoms with Crippen LogP contribution in [0.15, 0.2) is 24.3 Å². The summed E-state index contributed by atoms with van der Waals surface area (Å²) in [7, 11) is 1.41. The van der Waals surface area contributed by atoms with Crippen LogP contribution < -0.4 is 10.6 Å². The molecule has 1 heterocycles. The van der Waals surface area contributed by atoms with Gasteiger partial charge in [0, 0.05) is 37.3 Å². The predicted octanol–water partition coefficient (Wildman–Crippen LogP) is 2.69. The summed E-state index contributed by atoms with van der Waals surface area (Å²) in [6.07, 6.45) is 6.08. The van der Waals surface area contributed by atoms with Crippen LogP contribution in [0.1, 0.15) is 44.1 Å². The molecule has 1 saturated carbocycles. The van der Waals surface area contributed by atoms with Crippen molar-refractivity contribution < 1.29 is 14.3 Å². The van der Waals surface area contributed by atoms with Crippen molar-refractivity contribution in [3.63, 3.8) is 0 Å². The van der Waals surface area contributed by atoms with Gasteiger partial charge in [0.2, 0.25) is 0 Å². The van der Waals surface area contributed by atoms with Crippen molar-refractivity contribution in [1.82, 2.24) is 4.90 Å². The van der Waals surface area contributed by atoms with E-state index in [1.165, 1.54) is 12.7 Å². The first-order chi connectivity index (χ1) is 12.6. The molecule has 0 unspecified atom stereocenters. The lowest BCUT2D eigenvalue weighted by molar-refractivity contribution is -0.140. The molecule has 1 saturated heterocycles. The number of nitrogens with two attached hydrogens (primary N) is 1. The maximum absolute atomic E-state index is 12.8. The quantitative estimate of drug-likeness (QED) is 0.793. The van der Waals surface area contributed by atoms with Crippen molar-refractivity contribution >= 4 is 17.7 Å². The fraction of sp³-hybridized carbons (Fsp3) is 0.600. The monoisotopic (exact) mass is 359 g/mol. The highest BCUT2D eigenvalue weighted by Crippen LogP contribution is 2.28. The summed E-state index contributed by atoms with van der Waals surface area (Å²) in [6.45, 7) is 1.53. The van der Waals surface area contributed by atoms with Gasteiger partial charge in [-0.15, -0.1) is 0 Å². The maximum atomic E-state index is 12.8. The molecule has 26 heavy (non-hydrogen) atoms. The second kappa shape index (κ2) is 8.54. The third-order valence-corrected chi connectivity index (χ3v) is 5.55. The van der Waals surface area contributed by atoms with Gasteiger partial charge in [0.15, 0.2) is 0 Å². The Labute approximate surface area is 155 Å². The smallest absolute Gasteiger partial charge is 0.324 e. The first kappa shape index (κ1) is 18.7. The summed E-state index contributed by atoms with van der Waals surface area (Å²) < 4.78 is 4.66. The number of hydrogen-bond acceptors (Lipinski definition) is 4. The number of carbonyl (C=O) groups excluding carboxylic acids is 2. The van der Waals surface area contributed by atoms with Gasteiger partial charge >= 0.3 is 12.0 Å². The van der Waals surface area contributed by atoms with E-state index in [0.29, 0.717) is 18.5 Å². The molecule has 6 heteroatoms. The largest absolute Gasteiger partial charge is 0.469 e. The molecular weight excluding hydrogens is 330 g/mol. The number of rotatable bonds is 6. The van der Waals surface area contributed by atoms with Gasteiger partial charge in [0.25, 0.3) is 0 Å². The number of urea groups is 1. The molecule has 2 fully saturated rings. The summed E-state index contributed by atoms with van der Waals surface area (Å²) in [5, 5.41) is 0. The number of nitrogens with zero attached hydrogens (tertiary/aromatic N) is 2. The van der Waals surface area contributed by atoms with Crippen LogP contribution >= 0.6 is 0 Å². The van der Waals surface area contributed by atoms with Gasteiger partial charge in [-0.05, 0) is 56.2 Å². The number of esters is 1. The highest BCUT2D eigenvalue weighted by Gasteiger charge is 2.35. The van der Waals surface area contributed by atoms with Crippen LogP contribution in [-0.2, 0) is 16.0 Å². The molecule has 1 aliphatic carbocycles. The molecule has 2 aliphatic rings. The first-order valence-electron chi connectivity index (χ1n) is 9.58. The lowest BCUT2D eigenvalue weighted by Crippen LogP contribution is -2.43. The van der Waals surface area contributed by atoms with Crippen molar-refractivity contribution in [2.24, 2.45) is 5.73 Å². The van der Waals surface area contributed by atoms with E-state index in [1.807, 2.05) is 34.1 Å². The molecule has 6 nitrogen and oxygen atoms in total. The fourth-order valence-electron chi connectivity index (χ4n) is 3.93. The average molecular weight is 359 g/mol. The molecule has 0 atom stereocenters. The Hall–Kier alpha value is -2.08. The average Bonchev–Trinajstić information content (AvgIpc) is 3.04. The number of methoxy groups -OCH3 is 1. The van der Waals surface area contributed by atoms with Gasteiger partial charge in [0.1, 0.15) is 0 Å². The lowest BCUT2D eigenvalue weighted by atomic mass is 9.91. The Morgan fingerprint density at radius 1 is 1.15 bits per heavy atom. The molecule has 1 aliphatic heterocycles.